The number of hydrogen-bond donors (Lipinski definition) is 2. The van der Waals surface area contributed by atoms with Crippen LogP contribution in [0.15, 0.2) is 48.7 Å². The second kappa shape index (κ2) is 7.69. The van der Waals surface area contributed by atoms with Crippen LogP contribution in [0.2, 0.25) is 0 Å². The summed E-state index contributed by atoms with van der Waals surface area (Å²) in [5.41, 5.74) is 0.721. The molecule has 1 aromatic heterocycles. The molecule has 2 aromatic carbocycles. The van der Waals surface area contributed by atoms with E-state index in [1.54, 1.807) is 31.4 Å². The first-order valence-corrected chi connectivity index (χ1v) is 7.94. The van der Waals surface area contributed by atoms with Gasteiger partial charge in [0.05, 0.1) is 19.2 Å². The van der Waals surface area contributed by atoms with E-state index in [1.807, 2.05) is 0 Å². The Balaban J connectivity index is 1.54. The molecule has 3 rings (SSSR count). The van der Waals surface area contributed by atoms with Gasteiger partial charge < -0.3 is 19.8 Å². The van der Waals surface area contributed by atoms with Crippen molar-refractivity contribution >= 4 is 22.6 Å². The van der Waals surface area contributed by atoms with Crippen molar-refractivity contribution in [2.24, 2.45) is 0 Å². The van der Waals surface area contributed by atoms with E-state index >= 15 is 0 Å². The fraction of sp³-hybridized carbons (Fsp3) is 0.158. The third-order valence-corrected chi connectivity index (χ3v) is 3.81. The number of H-pyrrole nitrogens is 1. The fourth-order valence-corrected chi connectivity index (χ4v) is 2.49. The van der Waals surface area contributed by atoms with Crippen LogP contribution in [0.25, 0.3) is 10.9 Å². The first-order chi connectivity index (χ1) is 12.6. The number of aromatic nitrogens is 1. The Morgan fingerprint density at radius 2 is 1.85 bits per heavy atom. The standard InChI is InChI=1S/C19H17FN2O4/c1-25-13-3-5-14(6-4-13)26-9-8-21-19(24)18(23)16-11-22-17-7-2-12(20)10-15(16)17/h2-7,10-11,22H,8-9H2,1H3,(H,21,24). The highest BCUT2D eigenvalue weighted by atomic mass is 19.1. The van der Waals surface area contributed by atoms with Crippen LogP contribution in [0.3, 0.4) is 0 Å². The molecule has 1 amide bonds. The molecule has 6 nitrogen and oxygen atoms in total. The molecule has 0 aliphatic carbocycles. The number of carbonyl (C=O) groups excluding carboxylic acids is 2. The first kappa shape index (κ1) is 17.5. The van der Waals surface area contributed by atoms with Gasteiger partial charge in [-0.3, -0.25) is 9.59 Å². The van der Waals surface area contributed by atoms with Crippen molar-refractivity contribution in [3.63, 3.8) is 0 Å². The van der Waals surface area contributed by atoms with E-state index in [1.165, 1.54) is 24.4 Å². The average Bonchev–Trinajstić information content (AvgIpc) is 3.07. The molecule has 0 radical (unpaired) electrons. The highest BCUT2D eigenvalue weighted by molar-refractivity contribution is 6.44. The van der Waals surface area contributed by atoms with Gasteiger partial charge in [0.25, 0.3) is 11.7 Å². The average molecular weight is 356 g/mol. The summed E-state index contributed by atoms with van der Waals surface area (Å²) in [6.45, 7) is 0.362. The number of ketones is 1. The van der Waals surface area contributed by atoms with Gasteiger partial charge in [-0.05, 0) is 42.5 Å². The van der Waals surface area contributed by atoms with E-state index in [-0.39, 0.29) is 18.7 Å². The van der Waals surface area contributed by atoms with Gasteiger partial charge in [-0.15, -0.1) is 0 Å². The normalized spacial score (nSPS) is 10.5. The summed E-state index contributed by atoms with van der Waals surface area (Å²) in [4.78, 5) is 27.1. The molecule has 0 saturated carbocycles. The van der Waals surface area contributed by atoms with Crippen LogP contribution in [0.4, 0.5) is 4.39 Å². The van der Waals surface area contributed by atoms with Crippen molar-refractivity contribution in [2.45, 2.75) is 0 Å². The minimum absolute atomic E-state index is 0.132. The lowest BCUT2D eigenvalue weighted by atomic mass is 10.1. The van der Waals surface area contributed by atoms with Crippen LogP contribution < -0.4 is 14.8 Å². The highest BCUT2D eigenvalue weighted by Crippen LogP contribution is 2.20. The Bertz CT molecular complexity index is 934. The van der Waals surface area contributed by atoms with Gasteiger partial charge in [-0.1, -0.05) is 0 Å². The summed E-state index contributed by atoms with van der Waals surface area (Å²) in [7, 11) is 1.57. The SMILES string of the molecule is COc1ccc(OCCNC(=O)C(=O)c2c[nH]c3ccc(F)cc23)cc1. The van der Waals surface area contributed by atoms with Crippen LogP contribution in [0, 0.1) is 5.82 Å². The molecule has 3 aromatic rings. The predicted octanol–water partition coefficient (Wildman–Crippen LogP) is 2.69. The molecule has 0 bridgehead atoms. The Hall–Kier alpha value is -3.35. The number of carbonyl (C=O) groups is 2. The summed E-state index contributed by atoms with van der Waals surface area (Å²) < 4.78 is 23.9. The molecule has 0 aliphatic rings. The monoisotopic (exact) mass is 356 g/mol. The summed E-state index contributed by atoms with van der Waals surface area (Å²) in [6.07, 6.45) is 1.40. The Morgan fingerprint density at radius 1 is 1.12 bits per heavy atom. The molecule has 26 heavy (non-hydrogen) atoms. The maximum absolute atomic E-state index is 13.4. The molecular formula is C19H17FN2O4. The maximum atomic E-state index is 13.4. The van der Waals surface area contributed by atoms with E-state index in [0.29, 0.717) is 22.4 Å². The first-order valence-electron chi connectivity index (χ1n) is 7.94. The van der Waals surface area contributed by atoms with E-state index in [4.69, 9.17) is 9.47 Å². The Labute approximate surface area is 148 Å². The van der Waals surface area contributed by atoms with Crippen molar-refractivity contribution < 1.29 is 23.5 Å². The van der Waals surface area contributed by atoms with Gasteiger partial charge in [-0.2, -0.15) is 0 Å². The summed E-state index contributed by atoms with van der Waals surface area (Å²) in [5, 5.41) is 2.87. The molecule has 2 N–H and O–H groups in total. The van der Waals surface area contributed by atoms with E-state index in [2.05, 4.69) is 10.3 Å². The largest absolute Gasteiger partial charge is 0.497 e. The number of fused-ring (bicyclic) bond motifs is 1. The lowest BCUT2D eigenvalue weighted by Gasteiger charge is -2.08. The molecule has 0 fully saturated rings. The zero-order valence-electron chi connectivity index (χ0n) is 14.0. The summed E-state index contributed by atoms with van der Waals surface area (Å²) in [5.74, 6) is -0.635. The second-order valence-corrected chi connectivity index (χ2v) is 5.50. The van der Waals surface area contributed by atoms with Gasteiger partial charge in [0.15, 0.2) is 0 Å². The van der Waals surface area contributed by atoms with Crippen LogP contribution >= 0.6 is 0 Å². The van der Waals surface area contributed by atoms with Gasteiger partial charge in [0.1, 0.15) is 23.9 Å². The zero-order valence-corrected chi connectivity index (χ0v) is 14.0. The zero-order chi connectivity index (χ0) is 18.5. The number of rotatable bonds is 7. The number of amides is 1. The lowest BCUT2D eigenvalue weighted by molar-refractivity contribution is -0.117. The molecule has 0 unspecified atom stereocenters. The van der Waals surface area contributed by atoms with Crippen molar-refractivity contribution in [3.05, 3.63) is 60.0 Å². The number of Topliss-reactive ketones (excluding diaryl/α,β-unsaturated/α-hetero) is 1. The van der Waals surface area contributed by atoms with Crippen molar-refractivity contribution in [1.29, 1.82) is 0 Å². The summed E-state index contributed by atoms with van der Waals surface area (Å²) in [6, 6.07) is 11.0. The number of methoxy groups -OCH3 is 1. The van der Waals surface area contributed by atoms with Gasteiger partial charge >= 0.3 is 0 Å². The van der Waals surface area contributed by atoms with Gasteiger partial charge in [0.2, 0.25) is 0 Å². The van der Waals surface area contributed by atoms with E-state index < -0.39 is 17.5 Å². The Morgan fingerprint density at radius 3 is 2.58 bits per heavy atom. The number of aromatic amines is 1. The maximum Gasteiger partial charge on any atom is 0.292 e. The number of nitrogens with one attached hydrogen (secondary N) is 2. The Kier molecular flexibility index (Phi) is 5.17. The van der Waals surface area contributed by atoms with Crippen LogP contribution in [0.1, 0.15) is 10.4 Å². The topological polar surface area (TPSA) is 80.4 Å². The van der Waals surface area contributed by atoms with Crippen molar-refractivity contribution in [2.75, 3.05) is 20.3 Å². The third-order valence-electron chi connectivity index (χ3n) is 3.81. The fourth-order valence-electron chi connectivity index (χ4n) is 2.49. The van der Waals surface area contributed by atoms with Crippen LogP contribution in [-0.4, -0.2) is 36.9 Å². The highest BCUT2D eigenvalue weighted by Gasteiger charge is 2.19. The predicted molar refractivity (Wildman–Crippen MR) is 94.1 cm³/mol. The minimum atomic E-state index is -0.770. The molecule has 7 heteroatoms. The minimum Gasteiger partial charge on any atom is -0.497 e. The van der Waals surface area contributed by atoms with Crippen LogP contribution in [-0.2, 0) is 4.79 Å². The molecule has 0 atom stereocenters. The number of hydrogen-bond acceptors (Lipinski definition) is 4. The smallest absolute Gasteiger partial charge is 0.292 e. The van der Waals surface area contributed by atoms with Crippen molar-refractivity contribution in [1.82, 2.24) is 10.3 Å². The van der Waals surface area contributed by atoms with Gasteiger partial charge in [0, 0.05) is 17.1 Å². The van der Waals surface area contributed by atoms with Crippen molar-refractivity contribution in [3.8, 4) is 11.5 Å². The molecule has 1 heterocycles. The lowest BCUT2D eigenvalue weighted by Crippen LogP contribution is -2.34. The molecular weight excluding hydrogens is 339 g/mol. The number of ether oxygens (including phenoxy) is 2. The molecule has 134 valence electrons. The van der Waals surface area contributed by atoms with Crippen LogP contribution in [0.5, 0.6) is 11.5 Å². The quantitative estimate of drug-likeness (QED) is 0.387. The number of benzene rings is 2. The molecule has 0 spiro atoms. The summed E-state index contributed by atoms with van der Waals surface area (Å²) >= 11 is 0. The third kappa shape index (κ3) is 3.83. The molecule has 0 saturated heterocycles. The van der Waals surface area contributed by atoms with E-state index in [9.17, 15) is 14.0 Å². The van der Waals surface area contributed by atoms with E-state index in [0.717, 1.165) is 0 Å². The number of halogens is 1. The van der Waals surface area contributed by atoms with Gasteiger partial charge in [-0.25, -0.2) is 4.39 Å². The molecule has 0 aliphatic heterocycles. The second-order valence-electron chi connectivity index (χ2n) is 5.50.